The summed E-state index contributed by atoms with van der Waals surface area (Å²) in [5.41, 5.74) is 4.08. The molecule has 1 aliphatic carbocycles. The van der Waals surface area contributed by atoms with Gasteiger partial charge in [0, 0.05) is 62.8 Å². The highest BCUT2D eigenvalue weighted by molar-refractivity contribution is 7.13. The molecular weight excluding hydrogens is 1050 g/mol. The number of aryl methyl sites for hydroxylation is 1. The molecule has 3 atom stereocenters. The van der Waals surface area contributed by atoms with Crippen LogP contribution in [0.3, 0.4) is 0 Å². The van der Waals surface area contributed by atoms with E-state index in [2.05, 4.69) is 31.2 Å². The number of rotatable bonds is 28. The van der Waals surface area contributed by atoms with Crippen LogP contribution in [-0.4, -0.2) is 126 Å². The number of carbonyl (C=O) groups is 4. The molecule has 0 radical (unpaired) electrons. The van der Waals surface area contributed by atoms with Crippen molar-refractivity contribution in [1.29, 1.82) is 0 Å². The molecule has 1 aliphatic heterocycles. The van der Waals surface area contributed by atoms with Crippen LogP contribution in [0.1, 0.15) is 95.5 Å². The molecule has 4 amide bonds. The number of aliphatic hydroxyl groups excluding tert-OH is 1. The fourth-order valence-electron chi connectivity index (χ4n) is 9.54. The summed E-state index contributed by atoms with van der Waals surface area (Å²) in [5.74, 6) is -0.956. The number of halogens is 2. The molecule has 2 fully saturated rings. The van der Waals surface area contributed by atoms with Gasteiger partial charge in [-0.15, -0.1) is 22.7 Å². The van der Waals surface area contributed by atoms with E-state index in [9.17, 15) is 28.7 Å². The summed E-state index contributed by atoms with van der Waals surface area (Å²) < 4.78 is 37.9. The standard InChI is InChI=1S/C56H72ClFN8O9S2/c1-37-49(77-36-62-37)39-17-15-38(16-18-39)34-61-51(69)44-32-41(67)35-66(44)52(70)50(55(2,3)4)65-47(68)14-6-5-7-25-72-27-29-74-30-28-73-26-23-59-53(71)56(33-40-10-8-13-46(63-40)64-54-60-24-31-76-54)21-19-42(20-22-56)75-45-12-9-11-43(57)48(45)58/h8-13,15-18,24,31,36,41-42,44,50,67H,5-7,14,19-23,25-30,32-35H2,1-4H3,(H,59,71)(H,61,69)(H,65,68)(H,60,63,64)/t41-,42?,44+,50-,56?/m1/s1. The average Bonchev–Trinajstić information content (AvgIpc) is 4.20. The molecule has 4 heterocycles. The Bertz CT molecular complexity index is 2680. The highest BCUT2D eigenvalue weighted by atomic mass is 35.5. The number of hydrogen-bond acceptors (Lipinski definition) is 15. The van der Waals surface area contributed by atoms with Gasteiger partial charge < -0.3 is 50.2 Å². The number of likely N-dealkylation sites (tertiary alicyclic amines) is 1. The molecule has 77 heavy (non-hydrogen) atoms. The first-order valence-corrected chi connectivity index (χ1v) is 28.5. The van der Waals surface area contributed by atoms with E-state index < -0.39 is 40.7 Å². The lowest BCUT2D eigenvalue weighted by molar-refractivity contribution is -0.144. The lowest BCUT2D eigenvalue weighted by Crippen LogP contribution is -2.57. The molecule has 416 valence electrons. The van der Waals surface area contributed by atoms with E-state index in [1.807, 2.05) is 81.1 Å². The van der Waals surface area contributed by atoms with Crippen LogP contribution in [0.15, 0.2) is 77.8 Å². The molecule has 0 bridgehead atoms. The van der Waals surface area contributed by atoms with Crippen molar-refractivity contribution in [3.05, 3.63) is 106 Å². The number of amides is 4. The van der Waals surface area contributed by atoms with Gasteiger partial charge in [0.2, 0.25) is 23.6 Å². The van der Waals surface area contributed by atoms with Gasteiger partial charge in [0.25, 0.3) is 0 Å². The van der Waals surface area contributed by atoms with Crippen LogP contribution in [0.25, 0.3) is 10.4 Å². The molecular formula is C56H72ClFN8O9S2. The van der Waals surface area contributed by atoms with Gasteiger partial charge in [0.05, 0.1) is 71.8 Å². The van der Waals surface area contributed by atoms with Crippen LogP contribution >= 0.6 is 34.3 Å². The molecule has 5 aromatic rings. The number of nitrogens with zero attached hydrogens (tertiary/aromatic N) is 4. The predicted octanol–water partition coefficient (Wildman–Crippen LogP) is 8.59. The Labute approximate surface area is 463 Å². The first-order valence-electron chi connectivity index (χ1n) is 26.4. The fraction of sp³-hybridized carbons (Fsp3) is 0.518. The Morgan fingerprint density at radius 1 is 0.896 bits per heavy atom. The monoisotopic (exact) mass is 1120 g/mol. The SMILES string of the molecule is Cc1ncsc1-c1ccc(CNC(=O)[C@@H]2C[C@@H](O)CN2C(=O)[C@@H](NC(=O)CCCCCOCCOCCOCCNC(=O)C2(Cc3cccc(Nc4nccs4)n3)CCC(Oc3cccc(Cl)c3F)CC2)C(C)(C)C)cc1. The maximum absolute atomic E-state index is 14.7. The summed E-state index contributed by atoms with van der Waals surface area (Å²) in [6, 6.07) is 16.5. The quantitative estimate of drug-likeness (QED) is 0.0297. The molecule has 2 aliphatic rings. The van der Waals surface area contributed by atoms with Gasteiger partial charge in [0.1, 0.15) is 17.9 Å². The minimum Gasteiger partial charge on any atom is -0.487 e. The van der Waals surface area contributed by atoms with Gasteiger partial charge in [-0.3, -0.25) is 19.2 Å². The minimum absolute atomic E-state index is 0.00353. The number of pyridine rings is 1. The van der Waals surface area contributed by atoms with Crippen molar-refractivity contribution in [2.45, 2.75) is 123 Å². The number of thiazole rings is 2. The zero-order chi connectivity index (χ0) is 54.8. The lowest BCUT2D eigenvalue weighted by atomic mass is 9.69. The maximum atomic E-state index is 14.7. The van der Waals surface area contributed by atoms with Crippen molar-refractivity contribution in [3.63, 3.8) is 0 Å². The molecule has 0 spiro atoms. The highest BCUT2D eigenvalue weighted by Crippen LogP contribution is 2.41. The minimum atomic E-state index is -0.893. The Hall–Kier alpha value is -5.61. The number of unbranched alkanes of at least 4 members (excludes halogenated alkanes) is 2. The largest absolute Gasteiger partial charge is 0.487 e. The van der Waals surface area contributed by atoms with Crippen LogP contribution in [-0.2, 0) is 46.4 Å². The van der Waals surface area contributed by atoms with Crippen molar-refractivity contribution in [1.82, 2.24) is 35.8 Å². The van der Waals surface area contributed by atoms with Gasteiger partial charge in [0.15, 0.2) is 16.7 Å². The number of aliphatic hydroxyl groups is 1. The topological polar surface area (TPSA) is 215 Å². The Morgan fingerprint density at radius 2 is 1.62 bits per heavy atom. The molecule has 5 N–H and O–H groups in total. The van der Waals surface area contributed by atoms with Crippen LogP contribution in [0.4, 0.5) is 15.3 Å². The van der Waals surface area contributed by atoms with Crippen molar-refractivity contribution < 1.29 is 47.6 Å². The molecule has 0 unspecified atom stereocenters. The molecule has 1 saturated heterocycles. The summed E-state index contributed by atoms with van der Waals surface area (Å²) in [6.07, 6.45) is 5.54. The van der Waals surface area contributed by atoms with E-state index in [4.69, 9.17) is 35.5 Å². The predicted molar refractivity (Wildman–Crippen MR) is 296 cm³/mol. The number of carbonyl (C=O) groups excluding carboxylic acids is 4. The van der Waals surface area contributed by atoms with E-state index in [1.54, 1.807) is 29.7 Å². The molecule has 21 heteroatoms. The summed E-state index contributed by atoms with van der Waals surface area (Å²) in [4.78, 5) is 70.6. The zero-order valence-electron chi connectivity index (χ0n) is 44.3. The van der Waals surface area contributed by atoms with E-state index in [0.29, 0.717) is 90.5 Å². The highest BCUT2D eigenvalue weighted by Gasteiger charge is 2.45. The third-order valence-electron chi connectivity index (χ3n) is 13.8. The Kier molecular flexibility index (Phi) is 22.1. The summed E-state index contributed by atoms with van der Waals surface area (Å²) in [7, 11) is 0. The van der Waals surface area contributed by atoms with Gasteiger partial charge in [-0.2, -0.15) is 0 Å². The normalized spacial score (nSPS) is 18.9. The van der Waals surface area contributed by atoms with E-state index in [-0.39, 0.29) is 60.5 Å². The second-order valence-electron chi connectivity index (χ2n) is 20.7. The van der Waals surface area contributed by atoms with Crippen LogP contribution in [0.2, 0.25) is 5.02 Å². The third-order valence-corrected chi connectivity index (χ3v) is 15.7. The van der Waals surface area contributed by atoms with Gasteiger partial charge >= 0.3 is 0 Å². The second-order valence-corrected chi connectivity index (χ2v) is 22.8. The fourth-order valence-corrected chi connectivity index (χ4v) is 11.0. The molecule has 3 aromatic heterocycles. The third kappa shape index (κ3) is 17.4. The van der Waals surface area contributed by atoms with Crippen LogP contribution in [0.5, 0.6) is 5.75 Å². The van der Waals surface area contributed by atoms with Gasteiger partial charge in [-0.25, -0.2) is 19.3 Å². The van der Waals surface area contributed by atoms with Crippen molar-refractivity contribution >= 4 is 68.9 Å². The Morgan fingerprint density at radius 3 is 2.32 bits per heavy atom. The van der Waals surface area contributed by atoms with E-state index in [1.165, 1.54) is 22.3 Å². The molecule has 17 nitrogen and oxygen atoms in total. The van der Waals surface area contributed by atoms with E-state index >= 15 is 0 Å². The zero-order valence-corrected chi connectivity index (χ0v) is 46.7. The van der Waals surface area contributed by atoms with Crippen LogP contribution in [0, 0.1) is 23.6 Å². The van der Waals surface area contributed by atoms with Crippen LogP contribution < -0.4 is 26.0 Å². The second kappa shape index (κ2) is 28.8. The van der Waals surface area contributed by atoms with Crippen molar-refractivity contribution in [2.24, 2.45) is 10.8 Å². The molecule has 1 saturated carbocycles. The first kappa shape index (κ1) is 59.1. The number of aromatic nitrogens is 3. The first-order chi connectivity index (χ1) is 37.1. The maximum Gasteiger partial charge on any atom is 0.246 e. The van der Waals surface area contributed by atoms with Crippen molar-refractivity contribution in [2.75, 3.05) is 58.0 Å². The number of ether oxygens (including phenoxy) is 4. The number of hydrogen-bond donors (Lipinski definition) is 5. The van der Waals surface area contributed by atoms with E-state index in [0.717, 1.165) is 45.4 Å². The van der Waals surface area contributed by atoms with Crippen molar-refractivity contribution in [3.8, 4) is 16.2 Å². The Balaban J connectivity index is 0.746. The number of nitrogens with one attached hydrogen (secondary N) is 4. The van der Waals surface area contributed by atoms with Gasteiger partial charge in [-0.1, -0.05) is 75.2 Å². The number of anilines is 2. The summed E-state index contributed by atoms with van der Waals surface area (Å²) in [5, 5.41) is 25.4. The number of β-amino-alcohol motifs (C(OH)–C–C–N with tert-alkyl or cyclic N) is 1. The van der Waals surface area contributed by atoms with Gasteiger partial charge in [-0.05, 0) is 86.3 Å². The average molecular weight is 1120 g/mol. The number of benzene rings is 2. The summed E-state index contributed by atoms with van der Waals surface area (Å²) >= 11 is 9.04. The molecule has 7 rings (SSSR count). The lowest BCUT2D eigenvalue weighted by Gasteiger charge is -2.39. The molecule has 2 aromatic carbocycles. The smallest absolute Gasteiger partial charge is 0.246 e. The summed E-state index contributed by atoms with van der Waals surface area (Å²) in [6.45, 7) is 10.4.